The maximum Gasteiger partial charge on any atom is 0.339 e. The van der Waals surface area contributed by atoms with Gasteiger partial charge in [-0.25, -0.2) is 4.79 Å². The minimum Gasteiger partial charge on any atom is -0.478 e. The average Bonchev–Trinajstić information content (AvgIpc) is 2.71. The normalized spacial score (nSPS) is 11.9. The standard InChI is InChI=1S/C10H7NO5/c11-1-2-14-7-4-9-8(15-5-16-9)3-6(7)10(12)13/h3-4H,2,5H2,(H,12,13). The molecular formula is C10H7NO5. The molecule has 0 aliphatic carbocycles. The first kappa shape index (κ1) is 10.1. The van der Waals surface area contributed by atoms with Crippen LogP contribution in [0.5, 0.6) is 17.2 Å². The van der Waals surface area contributed by atoms with Crippen LogP contribution >= 0.6 is 0 Å². The van der Waals surface area contributed by atoms with Crippen LogP contribution in [0.25, 0.3) is 0 Å². The minimum absolute atomic E-state index is 0.0517. The summed E-state index contributed by atoms with van der Waals surface area (Å²) in [6, 6.07) is 4.49. The van der Waals surface area contributed by atoms with Gasteiger partial charge in [0, 0.05) is 12.1 Å². The van der Waals surface area contributed by atoms with E-state index in [1.807, 2.05) is 0 Å². The number of fused-ring (bicyclic) bond motifs is 1. The highest BCUT2D eigenvalue weighted by Gasteiger charge is 2.21. The van der Waals surface area contributed by atoms with Crippen molar-refractivity contribution in [3.63, 3.8) is 0 Å². The largest absolute Gasteiger partial charge is 0.478 e. The summed E-state index contributed by atoms with van der Waals surface area (Å²) in [6.07, 6.45) is 0. The highest BCUT2D eigenvalue weighted by Crippen LogP contribution is 2.38. The number of carbonyl (C=O) groups is 1. The predicted molar refractivity (Wildman–Crippen MR) is 50.6 cm³/mol. The van der Waals surface area contributed by atoms with Crippen molar-refractivity contribution in [3.8, 4) is 23.3 Å². The lowest BCUT2D eigenvalue weighted by Crippen LogP contribution is -2.03. The van der Waals surface area contributed by atoms with Crippen LogP contribution in [-0.2, 0) is 0 Å². The number of carboxylic acid groups (broad SMARTS) is 1. The van der Waals surface area contributed by atoms with Crippen molar-refractivity contribution in [2.24, 2.45) is 0 Å². The van der Waals surface area contributed by atoms with E-state index in [9.17, 15) is 4.79 Å². The van der Waals surface area contributed by atoms with Gasteiger partial charge in [0.15, 0.2) is 18.1 Å². The Hall–Kier alpha value is -2.42. The van der Waals surface area contributed by atoms with Gasteiger partial charge < -0.3 is 19.3 Å². The van der Waals surface area contributed by atoms with Gasteiger partial charge in [-0.05, 0) is 0 Å². The van der Waals surface area contributed by atoms with Crippen LogP contribution in [0.4, 0.5) is 0 Å². The number of carboxylic acids is 1. The Balaban J connectivity index is 2.41. The Morgan fingerprint density at radius 3 is 2.81 bits per heavy atom. The van der Waals surface area contributed by atoms with Crippen molar-refractivity contribution >= 4 is 5.97 Å². The van der Waals surface area contributed by atoms with E-state index in [-0.39, 0.29) is 24.7 Å². The molecule has 0 saturated heterocycles. The molecular weight excluding hydrogens is 214 g/mol. The summed E-state index contributed by atoms with van der Waals surface area (Å²) in [4.78, 5) is 10.9. The molecule has 0 radical (unpaired) electrons. The summed E-state index contributed by atoms with van der Waals surface area (Å²) < 4.78 is 15.1. The van der Waals surface area contributed by atoms with Gasteiger partial charge in [-0.3, -0.25) is 0 Å². The lowest BCUT2D eigenvalue weighted by molar-refractivity contribution is 0.0692. The molecule has 0 spiro atoms. The molecule has 82 valence electrons. The molecule has 1 aromatic carbocycles. The number of nitrogens with zero attached hydrogens (tertiary/aromatic N) is 1. The first-order chi connectivity index (χ1) is 7.72. The van der Waals surface area contributed by atoms with E-state index in [1.54, 1.807) is 6.07 Å². The number of nitriles is 1. The van der Waals surface area contributed by atoms with Crippen LogP contribution in [0.3, 0.4) is 0 Å². The number of rotatable bonds is 3. The quantitative estimate of drug-likeness (QED) is 0.819. The van der Waals surface area contributed by atoms with Gasteiger partial charge >= 0.3 is 5.97 Å². The molecule has 1 aliphatic rings. The fourth-order valence-corrected chi connectivity index (χ4v) is 1.32. The molecule has 0 fully saturated rings. The third-order valence-corrected chi connectivity index (χ3v) is 2.00. The summed E-state index contributed by atoms with van der Waals surface area (Å²) in [5, 5.41) is 17.3. The SMILES string of the molecule is N#CCOc1cc2c(cc1C(=O)O)OCO2. The van der Waals surface area contributed by atoms with Crippen molar-refractivity contribution in [1.82, 2.24) is 0 Å². The van der Waals surface area contributed by atoms with Crippen molar-refractivity contribution in [2.75, 3.05) is 13.4 Å². The van der Waals surface area contributed by atoms with Gasteiger partial charge in [0.2, 0.25) is 6.79 Å². The number of benzene rings is 1. The van der Waals surface area contributed by atoms with Crippen LogP contribution in [0, 0.1) is 11.3 Å². The van der Waals surface area contributed by atoms with Gasteiger partial charge in [0.05, 0.1) is 0 Å². The Kier molecular flexibility index (Phi) is 2.52. The van der Waals surface area contributed by atoms with Crippen molar-refractivity contribution in [1.29, 1.82) is 5.26 Å². The van der Waals surface area contributed by atoms with Crippen molar-refractivity contribution in [3.05, 3.63) is 17.7 Å². The molecule has 0 atom stereocenters. The first-order valence-corrected chi connectivity index (χ1v) is 4.39. The van der Waals surface area contributed by atoms with E-state index in [1.165, 1.54) is 12.1 Å². The summed E-state index contributed by atoms with van der Waals surface area (Å²) in [5.74, 6) is -0.274. The Morgan fingerprint density at radius 2 is 2.19 bits per heavy atom. The summed E-state index contributed by atoms with van der Waals surface area (Å²) in [5.41, 5.74) is -0.0560. The molecule has 0 aromatic heterocycles. The third kappa shape index (κ3) is 1.70. The van der Waals surface area contributed by atoms with Gasteiger partial charge in [-0.1, -0.05) is 0 Å². The van der Waals surface area contributed by atoms with Crippen molar-refractivity contribution in [2.45, 2.75) is 0 Å². The van der Waals surface area contributed by atoms with Gasteiger partial charge in [-0.2, -0.15) is 5.26 Å². The topological polar surface area (TPSA) is 88.8 Å². The molecule has 16 heavy (non-hydrogen) atoms. The van der Waals surface area contributed by atoms with Crippen LogP contribution < -0.4 is 14.2 Å². The lowest BCUT2D eigenvalue weighted by Gasteiger charge is -2.07. The zero-order valence-electron chi connectivity index (χ0n) is 8.10. The molecule has 1 aliphatic heterocycles. The molecule has 0 saturated carbocycles. The zero-order chi connectivity index (χ0) is 11.5. The summed E-state index contributed by atoms with van der Waals surface area (Å²) in [7, 11) is 0. The smallest absolute Gasteiger partial charge is 0.339 e. The average molecular weight is 221 g/mol. The van der Waals surface area contributed by atoms with Gasteiger partial charge in [0.1, 0.15) is 17.4 Å². The Labute approximate surface area is 90.6 Å². The maximum atomic E-state index is 10.9. The molecule has 2 rings (SSSR count). The van der Waals surface area contributed by atoms with E-state index in [2.05, 4.69) is 0 Å². The second kappa shape index (κ2) is 3.98. The molecule has 6 nitrogen and oxygen atoms in total. The number of hydrogen-bond acceptors (Lipinski definition) is 5. The summed E-state index contributed by atoms with van der Waals surface area (Å²) >= 11 is 0. The van der Waals surface area contributed by atoms with E-state index >= 15 is 0 Å². The third-order valence-electron chi connectivity index (χ3n) is 2.00. The number of hydrogen-bond donors (Lipinski definition) is 1. The van der Waals surface area contributed by atoms with Crippen LogP contribution in [0.2, 0.25) is 0 Å². The van der Waals surface area contributed by atoms with Gasteiger partial charge in [0.25, 0.3) is 0 Å². The molecule has 0 unspecified atom stereocenters. The van der Waals surface area contributed by atoms with Crippen molar-refractivity contribution < 1.29 is 24.1 Å². The first-order valence-electron chi connectivity index (χ1n) is 4.39. The Morgan fingerprint density at radius 1 is 1.50 bits per heavy atom. The second-order valence-electron chi connectivity index (χ2n) is 2.95. The molecule has 6 heteroatoms. The highest BCUT2D eigenvalue weighted by atomic mass is 16.7. The number of ether oxygens (including phenoxy) is 3. The van der Waals surface area contributed by atoms with E-state index in [4.69, 9.17) is 24.6 Å². The summed E-state index contributed by atoms with van der Waals surface area (Å²) in [6.45, 7) is -0.171. The minimum atomic E-state index is -1.15. The molecule has 1 heterocycles. The number of aromatic carboxylic acids is 1. The van der Waals surface area contributed by atoms with E-state index in [0.29, 0.717) is 11.5 Å². The maximum absolute atomic E-state index is 10.9. The fourth-order valence-electron chi connectivity index (χ4n) is 1.32. The fraction of sp³-hybridized carbons (Fsp3) is 0.200. The van der Waals surface area contributed by atoms with Gasteiger partial charge in [-0.15, -0.1) is 0 Å². The second-order valence-corrected chi connectivity index (χ2v) is 2.95. The predicted octanol–water partition coefficient (Wildman–Crippen LogP) is 1.02. The molecule has 0 bridgehead atoms. The van der Waals surface area contributed by atoms with E-state index < -0.39 is 5.97 Å². The molecule has 1 N–H and O–H groups in total. The monoisotopic (exact) mass is 221 g/mol. The highest BCUT2D eigenvalue weighted by molar-refractivity contribution is 5.92. The van der Waals surface area contributed by atoms with Crippen LogP contribution in [0.1, 0.15) is 10.4 Å². The van der Waals surface area contributed by atoms with Crippen LogP contribution in [-0.4, -0.2) is 24.5 Å². The zero-order valence-corrected chi connectivity index (χ0v) is 8.10. The molecule has 1 aromatic rings. The molecule has 0 amide bonds. The van der Waals surface area contributed by atoms with E-state index in [0.717, 1.165) is 0 Å². The lowest BCUT2D eigenvalue weighted by atomic mass is 10.2. The Bertz CT molecular complexity index is 477. The van der Waals surface area contributed by atoms with Crippen LogP contribution in [0.15, 0.2) is 12.1 Å².